The molecule has 0 radical (unpaired) electrons. The number of carbonyl (C=O) groups is 3. The molecular formula is C20H38N4O6S. The van der Waals surface area contributed by atoms with E-state index in [-0.39, 0.29) is 25.4 Å². The molecule has 180 valence electrons. The first-order valence-corrected chi connectivity index (χ1v) is 12.7. The van der Waals surface area contributed by atoms with Crippen molar-refractivity contribution >= 4 is 27.8 Å². The predicted octanol–water partition coefficient (Wildman–Crippen LogP) is 0.340. The van der Waals surface area contributed by atoms with Gasteiger partial charge >= 0.3 is 5.97 Å². The molecule has 10 nitrogen and oxygen atoms in total. The first kappa shape index (κ1) is 27.3. The molecule has 5 N–H and O–H groups in total. The number of hydrogen-bond acceptors (Lipinski definition) is 6. The third-order valence-corrected chi connectivity index (χ3v) is 7.62. The van der Waals surface area contributed by atoms with E-state index in [4.69, 9.17) is 0 Å². The Kier molecular flexibility index (Phi) is 12.7. The minimum atomic E-state index is -3.79. The van der Waals surface area contributed by atoms with Crippen LogP contribution in [-0.2, 0) is 24.4 Å². The van der Waals surface area contributed by atoms with Gasteiger partial charge in [0.05, 0.1) is 5.25 Å². The van der Waals surface area contributed by atoms with Crippen LogP contribution >= 0.6 is 0 Å². The number of aliphatic carboxylic acids is 1. The molecule has 1 heterocycles. The smallest absolute Gasteiger partial charge is 0.323 e. The second-order valence-electron chi connectivity index (χ2n) is 8.12. The first-order valence-electron chi connectivity index (χ1n) is 11.1. The van der Waals surface area contributed by atoms with E-state index in [1.165, 1.54) is 19.8 Å². The van der Waals surface area contributed by atoms with E-state index in [1.54, 1.807) is 6.92 Å². The predicted molar refractivity (Wildman–Crippen MR) is 118 cm³/mol. The Morgan fingerprint density at radius 3 is 2.32 bits per heavy atom. The molecule has 1 fully saturated rings. The summed E-state index contributed by atoms with van der Waals surface area (Å²) < 4.78 is 26.2. The Balaban J connectivity index is 2.20. The Hall–Kier alpha value is -1.72. The molecule has 0 aromatic carbocycles. The second kappa shape index (κ2) is 14.4. The van der Waals surface area contributed by atoms with Crippen molar-refractivity contribution in [2.24, 2.45) is 5.92 Å². The number of nitrogens with one attached hydrogen (secondary N) is 4. The van der Waals surface area contributed by atoms with E-state index in [1.807, 2.05) is 0 Å². The van der Waals surface area contributed by atoms with Gasteiger partial charge in [-0.3, -0.25) is 14.4 Å². The van der Waals surface area contributed by atoms with Gasteiger partial charge in [0.2, 0.25) is 21.8 Å². The van der Waals surface area contributed by atoms with E-state index in [9.17, 15) is 27.9 Å². The molecule has 0 saturated carbocycles. The van der Waals surface area contributed by atoms with Gasteiger partial charge in [-0.05, 0) is 51.6 Å². The van der Waals surface area contributed by atoms with Gasteiger partial charge in [-0.15, -0.1) is 0 Å². The molecule has 1 aliphatic rings. The number of amides is 2. The summed E-state index contributed by atoms with van der Waals surface area (Å²) in [5.41, 5.74) is 0. The van der Waals surface area contributed by atoms with Crippen LogP contribution in [0.2, 0.25) is 0 Å². The molecule has 1 unspecified atom stereocenters. The highest BCUT2D eigenvalue weighted by molar-refractivity contribution is 7.90. The molecule has 2 atom stereocenters. The molecule has 0 aromatic rings. The summed E-state index contributed by atoms with van der Waals surface area (Å²) in [6, 6.07) is -1.45. The van der Waals surface area contributed by atoms with Gasteiger partial charge in [0.1, 0.15) is 6.04 Å². The fourth-order valence-electron chi connectivity index (χ4n) is 3.31. The van der Waals surface area contributed by atoms with Gasteiger partial charge in [-0.1, -0.05) is 19.8 Å². The lowest BCUT2D eigenvalue weighted by atomic mass is 9.92. The van der Waals surface area contributed by atoms with Gasteiger partial charge in [-0.25, -0.2) is 8.42 Å². The number of piperidine rings is 1. The van der Waals surface area contributed by atoms with Crippen LogP contribution < -0.4 is 20.7 Å². The average Bonchev–Trinajstić information content (AvgIpc) is 2.74. The van der Waals surface area contributed by atoms with E-state index in [0.717, 1.165) is 38.3 Å². The van der Waals surface area contributed by atoms with E-state index < -0.39 is 33.2 Å². The highest BCUT2D eigenvalue weighted by Gasteiger charge is 2.27. The summed E-state index contributed by atoms with van der Waals surface area (Å²) in [4.78, 5) is 35.1. The van der Waals surface area contributed by atoms with Gasteiger partial charge in [0, 0.05) is 25.9 Å². The Bertz CT molecular complexity index is 679. The molecule has 0 aromatic heterocycles. The standard InChI is InChI=1S/C20H38N4O6S/c1-3-15(2)31(29,30)24-17(20(27)28)14-23-19(26)10-13-22-18(25)7-5-4-6-16-8-11-21-12-9-16/h15-17,21,24H,3-14H2,1-2H3,(H,22,25)(H,23,26)(H,27,28)/t15?,17-/m0/s1. The summed E-state index contributed by atoms with van der Waals surface area (Å²) in [6.45, 7) is 5.10. The minimum absolute atomic E-state index is 0.00866. The normalized spacial score (nSPS) is 17.0. The maximum absolute atomic E-state index is 12.0. The van der Waals surface area contributed by atoms with Gasteiger partial charge in [-0.2, -0.15) is 4.72 Å². The van der Waals surface area contributed by atoms with Crippen molar-refractivity contribution in [3.05, 3.63) is 0 Å². The number of carboxylic acid groups (broad SMARTS) is 1. The molecule has 0 aliphatic carbocycles. The van der Waals surface area contributed by atoms with E-state index >= 15 is 0 Å². The summed E-state index contributed by atoms with van der Waals surface area (Å²) in [5, 5.41) is 16.9. The summed E-state index contributed by atoms with van der Waals surface area (Å²) >= 11 is 0. The van der Waals surface area contributed by atoms with Crippen LogP contribution in [0.25, 0.3) is 0 Å². The van der Waals surface area contributed by atoms with Crippen LogP contribution in [0, 0.1) is 5.92 Å². The van der Waals surface area contributed by atoms with Crippen LogP contribution in [0.4, 0.5) is 0 Å². The average molecular weight is 463 g/mol. The van der Waals surface area contributed by atoms with Crippen molar-refractivity contribution in [1.29, 1.82) is 0 Å². The Morgan fingerprint density at radius 1 is 1.06 bits per heavy atom. The molecule has 1 aliphatic heterocycles. The second-order valence-corrected chi connectivity index (χ2v) is 10.2. The molecule has 2 amide bonds. The van der Waals surface area contributed by atoms with Crippen molar-refractivity contribution in [2.75, 3.05) is 26.2 Å². The third-order valence-electron chi connectivity index (χ3n) is 5.61. The van der Waals surface area contributed by atoms with Gasteiger partial charge in [0.15, 0.2) is 0 Å². The summed E-state index contributed by atoms with van der Waals surface area (Å²) in [5.74, 6) is -1.19. The zero-order valence-corrected chi connectivity index (χ0v) is 19.4. The van der Waals surface area contributed by atoms with Crippen molar-refractivity contribution in [1.82, 2.24) is 20.7 Å². The highest BCUT2D eigenvalue weighted by atomic mass is 32.2. The molecule has 11 heteroatoms. The third kappa shape index (κ3) is 11.5. The lowest BCUT2D eigenvalue weighted by Crippen LogP contribution is -2.50. The number of hydrogen-bond donors (Lipinski definition) is 5. The summed E-state index contributed by atoms with van der Waals surface area (Å²) in [6.07, 6.45) is 6.12. The maximum Gasteiger partial charge on any atom is 0.323 e. The highest BCUT2D eigenvalue weighted by Crippen LogP contribution is 2.19. The van der Waals surface area contributed by atoms with Gasteiger partial charge < -0.3 is 21.1 Å². The molecular weight excluding hydrogens is 424 g/mol. The van der Waals surface area contributed by atoms with Crippen LogP contribution in [0.15, 0.2) is 0 Å². The molecule has 0 spiro atoms. The van der Waals surface area contributed by atoms with Crippen LogP contribution in [-0.4, -0.2) is 68.8 Å². The SMILES string of the molecule is CCC(C)S(=O)(=O)N[C@@H](CNC(=O)CCNC(=O)CCCCC1CCNCC1)C(=O)O. The number of sulfonamides is 1. The van der Waals surface area contributed by atoms with Crippen molar-refractivity contribution < 1.29 is 27.9 Å². The zero-order valence-electron chi connectivity index (χ0n) is 18.6. The van der Waals surface area contributed by atoms with Crippen molar-refractivity contribution in [2.45, 2.75) is 76.5 Å². The maximum atomic E-state index is 12.0. The largest absolute Gasteiger partial charge is 0.480 e. The first-order chi connectivity index (χ1) is 14.7. The topological polar surface area (TPSA) is 154 Å². The van der Waals surface area contributed by atoms with E-state index in [0.29, 0.717) is 12.8 Å². The van der Waals surface area contributed by atoms with E-state index in [2.05, 4.69) is 20.7 Å². The lowest BCUT2D eigenvalue weighted by Gasteiger charge is -2.22. The Morgan fingerprint density at radius 2 is 1.71 bits per heavy atom. The molecule has 0 bridgehead atoms. The number of carbonyl (C=O) groups excluding carboxylic acids is 2. The fourth-order valence-corrected chi connectivity index (χ4v) is 4.56. The van der Waals surface area contributed by atoms with Gasteiger partial charge in [0.25, 0.3) is 0 Å². The number of rotatable bonds is 15. The number of unbranched alkanes of at least 4 members (excludes halogenated alkanes) is 1. The van der Waals surface area contributed by atoms with Crippen LogP contribution in [0.3, 0.4) is 0 Å². The molecule has 1 rings (SSSR count). The van der Waals surface area contributed by atoms with Crippen LogP contribution in [0.5, 0.6) is 0 Å². The van der Waals surface area contributed by atoms with Crippen molar-refractivity contribution in [3.8, 4) is 0 Å². The minimum Gasteiger partial charge on any atom is -0.480 e. The lowest BCUT2D eigenvalue weighted by molar-refractivity contribution is -0.138. The quantitative estimate of drug-likeness (QED) is 0.220. The number of carboxylic acids is 1. The fraction of sp³-hybridized carbons (Fsp3) is 0.850. The molecule has 1 saturated heterocycles. The monoisotopic (exact) mass is 462 g/mol. The summed E-state index contributed by atoms with van der Waals surface area (Å²) in [7, 11) is -3.79. The Labute approximate surface area is 185 Å². The van der Waals surface area contributed by atoms with Crippen LogP contribution in [0.1, 0.15) is 65.2 Å². The van der Waals surface area contributed by atoms with Crippen molar-refractivity contribution in [3.63, 3.8) is 0 Å². The zero-order chi connectivity index (χ0) is 23.3. The molecule has 31 heavy (non-hydrogen) atoms.